The standard InChI is InChI=1S/C21H22F4N4O3/c1-2-17-27-28-18(32-17)12-29(13-20(22)9-10-20)19(31)11-26-16(30)8-5-14-3-6-15(7-4-14)21(23,24)25/h3-8H,2,9-13H2,1H3,(H,26,30)/b8-5+. The van der Waals surface area contributed by atoms with Crippen LogP contribution in [-0.2, 0) is 28.7 Å². The molecule has 2 aromatic rings. The van der Waals surface area contributed by atoms with Gasteiger partial charge < -0.3 is 14.6 Å². The highest BCUT2D eigenvalue weighted by molar-refractivity contribution is 5.94. The molecule has 1 aliphatic carbocycles. The summed E-state index contributed by atoms with van der Waals surface area (Å²) >= 11 is 0. The Morgan fingerprint density at radius 1 is 1.19 bits per heavy atom. The molecule has 1 saturated carbocycles. The average molecular weight is 454 g/mol. The minimum Gasteiger partial charge on any atom is -0.423 e. The number of nitrogens with zero attached hydrogens (tertiary/aromatic N) is 3. The topological polar surface area (TPSA) is 88.3 Å². The summed E-state index contributed by atoms with van der Waals surface area (Å²) in [6.07, 6.45) is -0.794. The SMILES string of the molecule is CCc1nnc(CN(CC2(F)CC2)C(=O)CNC(=O)/C=C/c2ccc(C(F)(F)F)cc2)o1. The van der Waals surface area contributed by atoms with Crippen LogP contribution in [0, 0.1) is 0 Å². The van der Waals surface area contributed by atoms with Crippen LogP contribution in [-0.4, -0.2) is 45.7 Å². The fourth-order valence-electron chi connectivity index (χ4n) is 2.82. The van der Waals surface area contributed by atoms with Crippen molar-refractivity contribution in [3.05, 3.63) is 53.2 Å². The third-order valence-electron chi connectivity index (χ3n) is 4.84. The monoisotopic (exact) mass is 454 g/mol. The van der Waals surface area contributed by atoms with Crippen molar-refractivity contribution in [1.82, 2.24) is 20.4 Å². The summed E-state index contributed by atoms with van der Waals surface area (Å²) in [5.74, 6) is -0.574. The van der Waals surface area contributed by atoms with Crippen molar-refractivity contribution < 1.29 is 31.6 Å². The van der Waals surface area contributed by atoms with Crippen molar-refractivity contribution in [3.8, 4) is 0 Å². The second-order valence-corrected chi connectivity index (χ2v) is 7.51. The number of carbonyl (C=O) groups is 2. The number of aryl methyl sites for hydroxylation is 1. The van der Waals surface area contributed by atoms with E-state index in [4.69, 9.17) is 4.42 Å². The van der Waals surface area contributed by atoms with Crippen molar-refractivity contribution in [2.75, 3.05) is 13.1 Å². The second-order valence-electron chi connectivity index (χ2n) is 7.51. The van der Waals surface area contributed by atoms with Crippen LogP contribution in [0.2, 0.25) is 0 Å². The Bertz CT molecular complexity index is 982. The Morgan fingerprint density at radius 3 is 2.41 bits per heavy atom. The van der Waals surface area contributed by atoms with Crippen LogP contribution < -0.4 is 5.32 Å². The summed E-state index contributed by atoms with van der Waals surface area (Å²) in [4.78, 5) is 25.8. The molecule has 0 saturated heterocycles. The van der Waals surface area contributed by atoms with E-state index < -0.39 is 29.2 Å². The lowest BCUT2D eigenvalue weighted by Gasteiger charge is -2.23. The van der Waals surface area contributed by atoms with Crippen molar-refractivity contribution >= 4 is 17.9 Å². The number of alkyl halides is 4. The van der Waals surface area contributed by atoms with E-state index in [0.717, 1.165) is 18.2 Å². The molecule has 2 amide bonds. The normalized spacial score (nSPS) is 15.0. The van der Waals surface area contributed by atoms with Gasteiger partial charge in [-0.05, 0) is 36.6 Å². The molecule has 7 nitrogen and oxygen atoms in total. The van der Waals surface area contributed by atoms with Gasteiger partial charge >= 0.3 is 6.18 Å². The number of nitrogens with one attached hydrogen (secondary N) is 1. The number of halogens is 4. The molecule has 0 spiro atoms. The van der Waals surface area contributed by atoms with Crippen LogP contribution in [0.4, 0.5) is 17.6 Å². The van der Waals surface area contributed by atoms with Crippen LogP contribution in [0.5, 0.6) is 0 Å². The number of aromatic nitrogens is 2. The lowest BCUT2D eigenvalue weighted by molar-refractivity contribution is -0.137. The van der Waals surface area contributed by atoms with Gasteiger partial charge in [0, 0.05) is 12.5 Å². The summed E-state index contributed by atoms with van der Waals surface area (Å²) in [7, 11) is 0. The molecule has 1 fully saturated rings. The van der Waals surface area contributed by atoms with Crippen LogP contribution in [0.15, 0.2) is 34.8 Å². The molecule has 1 aliphatic rings. The van der Waals surface area contributed by atoms with E-state index in [0.29, 0.717) is 30.7 Å². The van der Waals surface area contributed by atoms with Gasteiger partial charge in [-0.1, -0.05) is 19.1 Å². The van der Waals surface area contributed by atoms with Crippen LogP contribution in [0.3, 0.4) is 0 Å². The van der Waals surface area contributed by atoms with E-state index >= 15 is 0 Å². The Morgan fingerprint density at radius 2 is 1.84 bits per heavy atom. The van der Waals surface area contributed by atoms with E-state index in [9.17, 15) is 27.2 Å². The first kappa shape index (κ1) is 23.4. The summed E-state index contributed by atoms with van der Waals surface area (Å²) in [5.41, 5.74) is -1.86. The molecule has 11 heteroatoms. The summed E-state index contributed by atoms with van der Waals surface area (Å²) in [6, 6.07) is 4.27. The average Bonchev–Trinajstić information content (AvgIpc) is 3.30. The summed E-state index contributed by atoms with van der Waals surface area (Å²) < 4.78 is 57.4. The molecule has 1 aromatic heterocycles. The van der Waals surface area contributed by atoms with Gasteiger partial charge in [-0.15, -0.1) is 10.2 Å². The van der Waals surface area contributed by atoms with Gasteiger partial charge in [0.1, 0.15) is 5.67 Å². The number of hydrogen-bond acceptors (Lipinski definition) is 5. The van der Waals surface area contributed by atoms with E-state index in [-0.39, 0.29) is 25.5 Å². The van der Waals surface area contributed by atoms with E-state index in [1.165, 1.54) is 23.1 Å². The van der Waals surface area contributed by atoms with Gasteiger partial charge in [0.15, 0.2) is 0 Å². The Labute approximate surface area is 181 Å². The highest BCUT2D eigenvalue weighted by atomic mass is 19.4. The third kappa shape index (κ3) is 6.63. The maximum atomic E-state index is 14.3. The molecule has 0 atom stereocenters. The smallest absolute Gasteiger partial charge is 0.416 e. The predicted molar refractivity (Wildman–Crippen MR) is 106 cm³/mol. The highest BCUT2D eigenvalue weighted by Gasteiger charge is 2.45. The van der Waals surface area contributed by atoms with Crippen molar-refractivity contribution in [2.45, 2.75) is 44.6 Å². The van der Waals surface area contributed by atoms with Crippen molar-refractivity contribution in [1.29, 1.82) is 0 Å². The fourth-order valence-corrected chi connectivity index (χ4v) is 2.82. The van der Waals surface area contributed by atoms with Crippen LogP contribution >= 0.6 is 0 Å². The number of carbonyl (C=O) groups excluding carboxylic acids is 2. The molecular formula is C21H22F4N4O3. The number of hydrogen-bond donors (Lipinski definition) is 1. The first-order valence-corrected chi connectivity index (χ1v) is 9.99. The molecule has 1 heterocycles. The number of benzene rings is 1. The molecule has 0 bridgehead atoms. The summed E-state index contributed by atoms with van der Waals surface area (Å²) in [5, 5.41) is 10.0. The zero-order valence-corrected chi connectivity index (χ0v) is 17.3. The van der Waals surface area contributed by atoms with Gasteiger partial charge in [0.25, 0.3) is 0 Å². The first-order valence-electron chi connectivity index (χ1n) is 9.99. The minimum atomic E-state index is -4.44. The van der Waals surface area contributed by atoms with Crippen molar-refractivity contribution in [3.63, 3.8) is 0 Å². The zero-order chi connectivity index (χ0) is 23.4. The fraction of sp³-hybridized carbons (Fsp3) is 0.429. The lowest BCUT2D eigenvalue weighted by atomic mass is 10.1. The van der Waals surface area contributed by atoms with E-state index in [2.05, 4.69) is 15.5 Å². The van der Waals surface area contributed by atoms with Gasteiger partial charge in [-0.25, -0.2) is 4.39 Å². The lowest BCUT2D eigenvalue weighted by Crippen LogP contribution is -2.42. The molecule has 1 N–H and O–H groups in total. The predicted octanol–water partition coefficient (Wildman–Crippen LogP) is 3.31. The second kappa shape index (κ2) is 9.49. The molecule has 0 aliphatic heterocycles. The largest absolute Gasteiger partial charge is 0.423 e. The van der Waals surface area contributed by atoms with Gasteiger partial charge in [0.2, 0.25) is 23.6 Å². The quantitative estimate of drug-likeness (QED) is 0.464. The highest BCUT2D eigenvalue weighted by Crippen LogP contribution is 2.40. The molecule has 1 aromatic carbocycles. The molecule has 172 valence electrons. The van der Waals surface area contributed by atoms with Crippen LogP contribution in [0.25, 0.3) is 6.08 Å². The number of rotatable bonds is 9. The van der Waals surface area contributed by atoms with Gasteiger partial charge in [-0.2, -0.15) is 13.2 Å². The Balaban J connectivity index is 1.55. The van der Waals surface area contributed by atoms with Gasteiger partial charge in [0.05, 0.1) is 25.2 Å². The Hall–Kier alpha value is -3.24. The molecule has 32 heavy (non-hydrogen) atoms. The van der Waals surface area contributed by atoms with Gasteiger partial charge in [-0.3, -0.25) is 9.59 Å². The molecule has 3 rings (SSSR count). The third-order valence-corrected chi connectivity index (χ3v) is 4.84. The minimum absolute atomic E-state index is 0.0746. The number of amides is 2. The van der Waals surface area contributed by atoms with E-state index in [1.807, 2.05) is 6.92 Å². The maximum Gasteiger partial charge on any atom is 0.416 e. The Kier molecular flexibility index (Phi) is 6.95. The molecule has 0 unspecified atom stereocenters. The molecular weight excluding hydrogens is 432 g/mol. The first-order chi connectivity index (χ1) is 15.1. The maximum absolute atomic E-state index is 14.3. The van der Waals surface area contributed by atoms with Crippen molar-refractivity contribution in [2.24, 2.45) is 0 Å². The zero-order valence-electron chi connectivity index (χ0n) is 17.3. The molecule has 0 radical (unpaired) electrons. The van der Waals surface area contributed by atoms with Crippen LogP contribution in [0.1, 0.15) is 42.7 Å². The summed E-state index contributed by atoms with van der Waals surface area (Å²) in [6.45, 7) is 1.22. The van der Waals surface area contributed by atoms with E-state index in [1.54, 1.807) is 0 Å².